The lowest BCUT2D eigenvalue weighted by atomic mass is 9.62. The van der Waals surface area contributed by atoms with E-state index in [1.165, 1.54) is 16.2 Å². The van der Waals surface area contributed by atoms with Gasteiger partial charge in [0.05, 0.1) is 11.0 Å². The SMILES string of the molecule is CC1CCc2c(sc(NC(=O)C(Cc3ccccc3)N3C(=O)C4CCC(C)(C3=O)C4(C)C)c2C(N)=O)C1. The number of primary amides is 1. The van der Waals surface area contributed by atoms with Crippen LogP contribution < -0.4 is 11.1 Å². The average molecular weight is 522 g/mol. The Balaban J connectivity index is 1.53. The Labute approximate surface area is 221 Å². The number of benzene rings is 1. The molecule has 2 heterocycles. The minimum atomic E-state index is -1.03. The Morgan fingerprint density at radius 1 is 1.16 bits per heavy atom. The minimum absolute atomic E-state index is 0.196. The number of hydrogen-bond donors (Lipinski definition) is 2. The normalized spacial score (nSPS) is 27.1. The molecule has 7 nitrogen and oxygen atoms in total. The van der Waals surface area contributed by atoms with Crippen molar-refractivity contribution in [3.63, 3.8) is 0 Å². The van der Waals surface area contributed by atoms with Crippen molar-refractivity contribution in [2.45, 2.75) is 72.3 Å². The van der Waals surface area contributed by atoms with Crippen LogP contribution in [0.3, 0.4) is 0 Å². The van der Waals surface area contributed by atoms with E-state index in [0.717, 1.165) is 35.3 Å². The number of imide groups is 1. The molecule has 1 aromatic heterocycles. The summed E-state index contributed by atoms with van der Waals surface area (Å²) in [6.07, 6.45) is 3.98. The number of nitrogens with one attached hydrogen (secondary N) is 1. The first kappa shape index (κ1) is 25.6. The summed E-state index contributed by atoms with van der Waals surface area (Å²) in [7, 11) is 0. The lowest BCUT2D eigenvalue weighted by molar-refractivity contribution is -0.172. The maximum absolute atomic E-state index is 14.0. The van der Waals surface area contributed by atoms with E-state index in [2.05, 4.69) is 12.2 Å². The standard InChI is InChI=1S/C29H35N3O4S/c1-16-10-11-18-21(14-16)37-25(22(18)23(30)33)31-24(34)20(15-17-8-6-5-7-9-17)32-26(35)19-12-13-29(4,27(32)36)28(19,2)3/h5-9,16,19-20H,10-15H2,1-4H3,(H2,30,33)(H,31,34). The summed E-state index contributed by atoms with van der Waals surface area (Å²) < 4.78 is 0. The number of nitrogens with two attached hydrogens (primary N) is 1. The summed E-state index contributed by atoms with van der Waals surface area (Å²) in [6.45, 7) is 8.07. The molecule has 8 heteroatoms. The lowest BCUT2D eigenvalue weighted by Crippen LogP contribution is -2.64. The van der Waals surface area contributed by atoms with Crippen LogP contribution in [0.5, 0.6) is 0 Å². The molecule has 2 fully saturated rings. The Morgan fingerprint density at radius 3 is 2.54 bits per heavy atom. The molecule has 1 saturated carbocycles. The van der Waals surface area contributed by atoms with Gasteiger partial charge in [-0.3, -0.25) is 24.1 Å². The van der Waals surface area contributed by atoms with Crippen molar-refractivity contribution in [1.29, 1.82) is 0 Å². The van der Waals surface area contributed by atoms with Gasteiger partial charge in [0, 0.05) is 17.2 Å². The van der Waals surface area contributed by atoms with E-state index in [1.54, 1.807) is 0 Å². The molecule has 37 heavy (non-hydrogen) atoms. The van der Waals surface area contributed by atoms with Gasteiger partial charge in [-0.15, -0.1) is 11.3 Å². The maximum atomic E-state index is 14.0. The van der Waals surface area contributed by atoms with Crippen LogP contribution in [0.1, 0.15) is 73.3 Å². The highest BCUT2D eigenvalue weighted by molar-refractivity contribution is 7.17. The highest BCUT2D eigenvalue weighted by Crippen LogP contribution is 2.60. The summed E-state index contributed by atoms with van der Waals surface area (Å²) in [5.74, 6) is -1.44. The van der Waals surface area contributed by atoms with E-state index in [4.69, 9.17) is 5.73 Å². The number of fused-ring (bicyclic) bond motifs is 3. The number of likely N-dealkylation sites (tertiary alicyclic amines) is 1. The second-order valence-electron chi connectivity index (χ2n) is 11.8. The van der Waals surface area contributed by atoms with E-state index in [9.17, 15) is 19.2 Å². The monoisotopic (exact) mass is 521 g/mol. The van der Waals surface area contributed by atoms with Crippen LogP contribution in [-0.2, 0) is 33.6 Å². The molecule has 2 aliphatic carbocycles. The molecule has 0 radical (unpaired) electrons. The van der Waals surface area contributed by atoms with Crippen molar-refractivity contribution >= 4 is 40.0 Å². The summed E-state index contributed by atoms with van der Waals surface area (Å²) in [5.41, 5.74) is 6.70. The molecule has 5 rings (SSSR count). The van der Waals surface area contributed by atoms with Crippen molar-refractivity contribution in [2.24, 2.45) is 28.4 Å². The summed E-state index contributed by atoms with van der Waals surface area (Å²) >= 11 is 1.39. The Hall–Kier alpha value is -3.00. The smallest absolute Gasteiger partial charge is 0.251 e. The number of carbonyl (C=O) groups is 4. The van der Waals surface area contributed by atoms with Crippen LogP contribution in [0.2, 0.25) is 0 Å². The van der Waals surface area contributed by atoms with Crippen LogP contribution in [0.25, 0.3) is 0 Å². The molecule has 3 N–H and O–H groups in total. The van der Waals surface area contributed by atoms with Gasteiger partial charge < -0.3 is 11.1 Å². The van der Waals surface area contributed by atoms with Crippen molar-refractivity contribution in [2.75, 3.05) is 5.32 Å². The van der Waals surface area contributed by atoms with Crippen LogP contribution in [0.4, 0.5) is 5.00 Å². The lowest BCUT2D eigenvalue weighted by Gasteiger charge is -2.49. The second kappa shape index (κ2) is 9.08. The van der Waals surface area contributed by atoms with Gasteiger partial charge in [-0.1, -0.05) is 58.0 Å². The zero-order chi connectivity index (χ0) is 26.7. The van der Waals surface area contributed by atoms with E-state index in [1.807, 2.05) is 51.1 Å². The second-order valence-corrected chi connectivity index (χ2v) is 12.9. The Kier molecular flexibility index (Phi) is 6.29. The maximum Gasteiger partial charge on any atom is 0.251 e. The van der Waals surface area contributed by atoms with Crippen molar-refractivity contribution in [3.05, 3.63) is 51.9 Å². The topological polar surface area (TPSA) is 110 Å². The molecule has 1 aromatic carbocycles. The molecular weight excluding hydrogens is 486 g/mol. The van der Waals surface area contributed by atoms with Gasteiger partial charge in [-0.2, -0.15) is 0 Å². The molecule has 1 saturated heterocycles. The third-order valence-corrected chi connectivity index (χ3v) is 10.5. The summed E-state index contributed by atoms with van der Waals surface area (Å²) in [6, 6.07) is 8.38. The number of nitrogens with zero attached hydrogens (tertiary/aromatic N) is 1. The molecule has 1 aliphatic heterocycles. The number of amides is 4. The molecule has 2 aromatic rings. The zero-order valence-electron chi connectivity index (χ0n) is 21.9. The molecule has 4 amide bonds. The van der Waals surface area contributed by atoms with Gasteiger partial charge >= 0.3 is 0 Å². The van der Waals surface area contributed by atoms with Crippen LogP contribution >= 0.6 is 11.3 Å². The number of rotatable bonds is 6. The minimum Gasteiger partial charge on any atom is -0.365 e. The number of hydrogen-bond acceptors (Lipinski definition) is 5. The van der Waals surface area contributed by atoms with Crippen molar-refractivity contribution in [1.82, 2.24) is 4.90 Å². The first-order valence-electron chi connectivity index (χ1n) is 13.1. The van der Waals surface area contributed by atoms with Crippen LogP contribution in [0, 0.1) is 22.7 Å². The summed E-state index contributed by atoms with van der Waals surface area (Å²) in [5, 5.41) is 3.36. The molecule has 4 unspecified atom stereocenters. The fraction of sp³-hybridized carbons (Fsp3) is 0.517. The van der Waals surface area contributed by atoms with Gasteiger partial charge in [0.25, 0.3) is 5.91 Å². The number of thiophene rings is 1. The average Bonchev–Trinajstić information content (AvgIpc) is 3.28. The third kappa shape index (κ3) is 4.00. The number of anilines is 1. The van der Waals surface area contributed by atoms with E-state index in [0.29, 0.717) is 29.3 Å². The van der Waals surface area contributed by atoms with Gasteiger partial charge in [-0.05, 0) is 54.6 Å². The molecule has 196 valence electrons. The fourth-order valence-electron chi connectivity index (χ4n) is 6.58. The van der Waals surface area contributed by atoms with Crippen LogP contribution in [-0.4, -0.2) is 34.6 Å². The van der Waals surface area contributed by atoms with E-state index >= 15 is 0 Å². The van der Waals surface area contributed by atoms with Gasteiger partial charge in [0.15, 0.2) is 0 Å². The van der Waals surface area contributed by atoms with Gasteiger partial charge in [0.2, 0.25) is 17.7 Å². The largest absolute Gasteiger partial charge is 0.365 e. The molecule has 0 spiro atoms. The predicted molar refractivity (Wildman–Crippen MR) is 143 cm³/mol. The third-order valence-electron chi connectivity index (χ3n) is 9.33. The van der Waals surface area contributed by atoms with Crippen molar-refractivity contribution < 1.29 is 19.2 Å². The number of carbonyl (C=O) groups excluding carboxylic acids is 4. The van der Waals surface area contributed by atoms with E-state index < -0.39 is 28.7 Å². The highest BCUT2D eigenvalue weighted by atomic mass is 32.1. The van der Waals surface area contributed by atoms with Gasteiger partial charge in [-0.25, -0.2) is 0 Å². The molecule has 2 bridgehead atoms. The predicted octanol–water partition coefficient (Wildman–Crippen LogP) is 4.33. The first-order chi connectivity index (χ1) is 17.5. The van der Waals surface area contributed by atoms with Gasteiger partial charge in [0.1, 0.15) is 11.0 Å². The van der Waals surface area contributed by atoms with Crippen molar-refractivity contribution in [3.8, 4) is 0 Å². The molecule has 3 aliphatic rings. The van der Waals surface area contributed by atoms with Crippen LogP contribution in [0.15, 0.2) is 30.3 Å². The number of piperidine rings is 1. The zero-order valence-corrected chi connectivity index (χ0v) is 22.7. The molecule has 4 atom stereocenters. The van der Waals surface area contributed by atoms with E-state index in [-0.39, 0.29) is 24.2 Å². The quantitative estimate of drug-likeness (QED) is 0.551. The Morgan fingerprint density at radius 2 is 1.86 bits per heavy atom. The highest BCUT2D eigenvalue weighted by Gasteiger charge is 2.65. The first-order valence-corrected chi connectivity index (χ1v) is 13.9. The molecular formula is C29H35N3O4S. The Bertz CT molecular complexity index is 1280. The fourth-order valence-corrected chi connectivity index (χ4v) is 8.00. The summed E-state index contributed by atoms with van der Waals surface area (Å²) in [4.78, 5) is 56.4.